The van der Waals surface area contributed by atoms with Crippen molar-refractivity contribution in [2.75, 3.05) is 33.4 Å². The van der Waals surface area contributed by atoms with Gasteiger partial charge in [0.05, 0.1) is 20.1 Å². The van der Waals surface area contributed by atoms with E-state index in [2.05, 4.69) is 10.1 Å². The first kappa shape index (κ1) is 13.3. The van der Waals surface area contributed by atoms with Gasteiger partial charge in [0.1, 0.15) is 6.61 Å². The number of rotatable bonds is 6. The molecule has 1 saturated heterocycles. The Kier molecular flexibility index (Phi) is 5.25. The first-order valence-corrected chi connectivity index (χ1v) is 5.38. The summed E-state index contributed by atoms with van der Waals surface area (Å²) in [6.45, 7) is 1.73. The minimum absolute atomic E-state index is 0.0636. The van der Waals surface area contributed by atoms with E-state index in [1.54, 1.807) is 0 Å². The summed E-state index contributed by atoms with van der Waals surface area (Å²) in [6.07, 6.45) is -0.195. The lowest BCUT2D eigenvalue weighted by molar-refractivity contribution is -0.142. The average molecular weight is 244 g/mol. The Labute approximate surface area is 99.0 Å². The van der Waals surface area contributed by atoms with Crippen LogP contribution in [-0.2, 0) is 19.1 Å². The fourth-order valence-corrected chi connectivity index (χ4v) is 1.37. The highest BCUT2D eigenvalue weighted by Crippen LogP contribution is 2.01. The number of amides is 2. The topological polar surface area (TPSA) is 84.9 Å². The van der Waals surface area contributed by atoms with Gasteiger partial charge in [-0.3, -0.25) is 9.59 Å². The van der Waals surface area contributed by atoms with Crippen LogP contribution in [-0.4, -0.2) is 56.2 Å². The second-order valence-corrected chi connectivity index (χ2v) is 3.53. The van der Waals surface area contributed by atoms with E-state index < -0.39 is 5.97 Å². The highest BCUT2D eigenvalue weighted by atomic mass is 16.6. The van der Waals surface area contributed by atoms with Gasteiger partial charge < -0.3 is 19.7 Å². The normalized spacial score (nSPS) is 14.4. The van der Waals surface area contributed by atoms with Crippen LogP contribution >= 0.6 is 0 Å². The van der Waals surface area contributed by atoms with Gasteiger partial charge in [-0.2, -0.15) is 0 Å². The molecule has 0 saturated carbocycles. The summed E-state index contributed by atoms with van der Waals surface area (Å²) in [4.78, 5) is 34.6. The number of methoxy groups -OCH3 is 1. The number of esters is 1. The molecule has 1 rings (SSSR count). The summed E-state index contributed by atoms with van der Waals surface area (Å²) in [5, 5.41) is 2.61. The first-order chi connectivity index (χ1) is 8.13. The van der Waals surface area contributed by atoms with Gasteiger partial charge in [-0.05, 0) is 0 Å². The molecule has 17 heavy (non-hydrogen) atoms. The number of carbonyl (C=O) groups excluding carboxylic acids is 3. The minimum Gasteiger partial charge on any atom is -0.469 e. The Morgan fingerprint density at radius 2 is 2.24 bits per heavy atom. The molecule has 7 heteroatoms. The van der Waals surface area contributed by atoms with E-state index >= 15 is 0 Å². The van der Waals surface area contributed by atoms with Gasteiger partial charge in [-0.15, -0.1) is 0 Å². The molecule has 0 bridgehead atoms. The Morgan fingerprint density at radius 1 is 1.47 bits per heavy atom. The summed E-state index contributed by atoms with van der Waals surface area (Å²) in [5.41, 5.74) is 0. The van der Waals surface area contributed by atoms with E-state index in [1.165, 1.54) is 12.0 Å². The molecule has 1 N–H and O–H groups in total. The van der Waals surface area contributed by atoms with Gasteiger partial charge in [-0.25, -0.2) is 4.79 Å². The maximum absolute atomic E-state index is 11.3. The number of nitrogens with zero attached hydrogens (tertiary/aromatic N) is 1. The summed E-state index contributed by atoms with van der Waals surface area (Å²) >= 11 is 0. The molecular weight excluding hydrogens is 228 g/mol. The summed E-state index contributed by atoms with van der Waals surface area (Å²) in [7, 11) is 1.28. The maximum atomic E-state index is 11.3. The number of hydrogen-bond acceptors (Lipinski definition) is 5. The lowest BCUT2D eigenvalue weighted by Gasteiger charge is -2.12. The second kappa shape index (κ2) is 6.72. The fourth-order valence-electron chi connectivity index (χ4n) is 1.37. The summed E-state index contributed by atoms with van der Waals surface area (Å²) in [6, 6.07) is 0. The molecule has 0 radical (unpaired) electrons. The van der Waals surface area contributed by atoms with Crippen molar-refractivity contribution in [3.05, 3.63) is 0 Å². The van der Waals surface area contributed by atoms with Crippen molar-refractivity contribution in [2.45, 2.75) is 12.8 Å². The lowest BCUT2D eigenvalue weighted by Crippen LogP contribution is -2.35. The van der Waals surface area contributed by atoms with Gasteiger partial charge in [0.15, 0.2) is 0 Å². The van der Waals surface area contributed by atoms with Crippen molar-refractivity contribution in [3.63, 3.8) is 0 Å². The lowest BCUT2D eigenvalue weighted by atomic mass is 10.3. The van der Waals surface area contributed by atoms with Crippen LogP contribution in [0.5, 0.6) is 0 Å². The Bertz CT molecular complexity index is 305. The van der Waals surface area contributed by atoms with Crippen molar-refractivity contribution in [1.29, 1.82) is 0 Å². The van der Waals surface area contributed by atoms with Crippen molar-refractivity contribution in [1.82, 2.24) is 10.2 Å². The van der Waals surface area contributed by atoms with E-state index in [9.17, 15) is 14.4 Å². The predicted octanol–water partition coefficient (Wildman–Crippen LogP) is -0.492. The number of hydrogen-bond donors (Lipinski definition) is 1. The smallest absolute Gasteiger partial charge is 0.409 e. The zero-order chi connectivity index (χ0) is 12.7. The zero-order valence-electron chi connectivity index (χ0n) is 9.73. The van der Waals surface area contributed by atoms with Crippen LogP contribution in [0.2, 0.25) is 0 Å². The average Bonchev–Trinajstić information content (AvgIpc) is 2.72. The highest BCUT2D eigenvalue weighted by Gasteiger charge is 2.21. The van der Waals surface area contributed by atoms with Gasteiger partial charge in [0.2, 0.25) is 5.91 Å². The third kappa shape index (κ3) is 4.71. The molecule has 0 unspecified atom stereocenters. The van der Waals surface area contributed by atoms with Crippen LogP contribution in [0.3, 0.4) is 0 Å². The van der Waals surface area contributed by atoms with Crippen LogP contribution in [0.25, 0.3) is 0 Å². The van der Waals surface area contributed by atoms with E-state index in [0.717, 1.165) is 0 Å². The van der Waals surface area contributed by atoms with Gasteiger partial charge in [-0.1, -0.05) is 0 Å². The molecule has 96 valence electrons. The molecule has 1 heterocycles. The molecule has 2 amide bonds. The molecule has 7 nitrogen and oxygen atoms in total. The molecular formula is C10H16N2O5. The SMILES string of the molecule is COC(=O)CCC(=O)NCCN1CCOC1=O. The van der Waals surface area contributed by atoms with Gasteiger partial charge in [0, 0.05) is 19.5 Å². The number of carbonyl (C=O) groups is 3. The number of ether oxygens (including phenoxy) is 2. The monoisotopic (exact) mass is 244 g/mol. The Morgan fingerprint density at radius 3 is 2.82 bits per heavy atom. The Balaban J connectivity index is 2.07. The maximum Gasteiger partial charge on any atom is 0.409 e. The van der Waals surface area contributed by atoms with Crippen LogP contribution in [0.1, 0.15) is 12.8 Å². The van der Waals surface area contributed by atoms with Crippen molar-refractivity contribution < 1.29 is 23.9 Å². The van der Waals surface area contributed by atoms with Crippen molar-refractivity contribution >= 4 is 18.0 Å². The van der Waals surface area contributed by atoms with Crippen LogP contribution in [0.4, 0.5) is 4.79 Å². The second-order valence-electron chi connectivity index (χ2n) is 3.53. The molecule has 0 aromatic carbocycles. The molecule has 0 atom stereocenters. The van der Waals surface area contributed by atoms with Gasteiger partial charge in [0.25, 0.3) is 0 Å². The Hall–Kier alpha value is -1.79. The molecule has 1 fully saturated rings. The molecule has 0 aromatic rings. The number of cyclic esters (lactones) is 1. The first-order valence-electron chi connectivity index (χ1n) is 5.38. The third-order valence-corrected chi connectivity index (χ3v) is 2.33. The predicted molar refractivity (Wildman–Crippen MR) is 57.2 cm³/mol. The molecule has 0 aromatic heterocycles. The quantitative estimate of drug-likeness (QED) is 0.637. The molecule has 0 aliphatic carbocycles. The van der Waals surface area contributed by atoms with E-state index in [0.29, 0.717) is 26.2 Å². The van der Waals surface area contributed by atoms with Gasteiger partial charge >= 0.3 is 12.1 Å². The van der Waals surface area contributed by atoms with E-state index in [-0.39, 0.29) is 24.8 Å². The summed E-state index contributed by atoms with van der Waals surface area (Å²) in [5.74, 6) is -0.647. The third-order valence-electron chi connectivity index (χ3n) is 2.33. The summed E-state index contributed by atoms with van der Waals surface area (Å²) < 4.78 is 9.14. The molecule has 0 spiro atoms. The largest absolute Gasteiger partial charge is 0.469 e. The van der Waals surface area contributed by atoms with E-state index in [4.69, 9.17) is 4.74 Å². The van der Waals surface area contributed by atoms with E-state index in [1.807, 2.05) is 0 Å². The highest BCUT2D eigenvalue weighted by molar-refractivity contribution is 5.81. The standard InChI is InChI=1S/C10H16N2O5/c1-16-9(14)3-2-8(13)11-4-5-12-6-7-17-10(12)15/h2-7H2,1H3,(H,11,13). The zero-order valence-corrected chi connectivity index (χ0v) is 9.73. The van der Waals surface area contributed by atoms with Crippen molar-refractivity contribution in [2.24, 2.45) is 0 Å². The van der Waals surface area contributed by atoms with Crippen LogP contribution in [0, 0.1) is 0 Å². The van der Waals surface area contributed by atoms with Crippen molar-refractivity contribution in [3.8, 4) is 0 Å². The van der Waals surface area contributed by atoms with Crippen LogP contribution in [0.15, 0.2) is 0 Å². The molecule has 1 aliphatic heterocycles. The number of nitrogens with one attached hydrogen (secondary N) is 1. The van der Waals surface area contributed by atoms with Crippen LogP contribution < -0.4 is 5.32 Å². The fraction of sp³-hybridized carbons (Fsp3) is 0.700. The molecule has 1 aliphatic rings. The minimum atomic E-state index is -0.414.